The van der Waals surface area contributed by atoms with Crippen LogP contribution in [0.4, 0.5) is 13.2 Å². The first-order valence-corrected chi connectivity index (χ1v) is 11.8. The highest BCUT2D eigenvalue weighted by atomic mass is 19.4. The number of hydrogen-bond acceptors (Lipinski definition) is 6. The van der Waals surface area contributed by atoms with Gasteiger partial charge in [0.05, 0.1) is 37.1 Å². The number of halogens is 3. The minimum atomic E-state index is -4.39. The molecule has 8 nitrogen and oxygen atoms in total. The Hall–Kier alpha value is -2.50. The van der Waals surface area contributed by atoms with Crippen molar-refractivity contribution in [2.75, 3.05) is 26.7 Å². The Morgan fingerprint density at radius 2 is 2.11 bits per heavy atom. The summed E-state index contributed by atoms with van der Waals surface area (Å²) in [6.07, 6.45) is -2.00. The van der Waals surface area contributed by atoms with Crippen LogP contribution >= 0.6 is 0 Å². The number of likely N-dealkylation sites (N-methyl/N-ethyl adjacent to an activating group) is 1. The molecule has 0 fully saturated rings. The third kappa shape index (κ3) is 7.74. The molecule has 3 atom stereocenters. The quantitative estimate of drug-likeness (QED) is 0.661. The van der Waals surface area contributed by atoms with E-state index in [1.807, 2.05) is 25.8 Å². The lowest BCUT2D eigenvalue weighted by atomic mass is 10.0. The van der Waals surface area contributed by atoms with Crippen LogP contribution < -0.4 is 0 Å². The third-order valence-corrected chi connectivity index (χ3v) is 6.24. The van der Waals surface area contributed by atoms with Gasteiger partial charge in [-0.15, -0.1) is 5.10 Å². The van der Waals surface area contributed by atoms with Crippen LogP contribution in [0.5, 0.6) is 0 Å². The van der Waals surface area contributed by atoms with E-state index in [-0.39, 0.29) is 37.2 Å². The van der Waals surface area contributed by atoms with Crippen LogP contribution in [0.3, 0.4) is 0 Å². The zero-order chi connectivity index (χ0) is 25.6. The summed E-state index contributed by atoms with van der Waals surface area (Å²) in [6, 6.07) is 4.96. The molecule has 1 aliphatic heterocycles. The Bertz CT molecular complexity index is 968. The Labute approximate surface area is 203 Å². The number of hydrogen-bond donors (Lipinski definition) is 1. The number of fused-ring (bicyclic) bond motifs is 2. The number of aryl methyl sites for hydroxylation is 1. The molecule has 11 heteroatoms. The number of aromatic nitrogens is 3. The van der Waals surface area contributed by atoms with Gasteiger partial charge in [0, 0.05) is 38.5 Å². The van der Waals surface area contributed by atoms with E-state index in [1.54, 1.807) is 21.8 Å². The normalized spacial score (nSPS) is 21.4. The maximum atomic E-state index is 13.1. The highest BCUT2D eigenvalue weighted by Gasteiger charge is 2.31. The number of carbonyl (C=O) groups is 1. The van der Waals surface area contributed by atoms with E-state index in [1.165, 1.54) is 6.07 Å². The Morgan fingerprint density at radius 1 is 1.34 bits per heavy atom. The number of carbonyl (C=O) groups excluding carboxylic acids is 1. The Balaban J connectivity index is 1.76. The van der Waals surface area contributed by atoms with Crippen molar-refractivity contribution >= 4 is 5.91 Å². The van der Waals surface area contributed by atoms with Gasteiger partial charge in [0.15, 0.2) is 0 Å². The van der Waals surface area contributed by atoms with Gasteiger partial charge in [0.2, 0.25) is 5.91 Å². The minimum Gasteiger partial charge on any atom is -0.394 e. The molecular weight excluding hydrogens is 463 g/mol. The van der Waals surface area contributed by atoms with Crippen molar-refractivity contribution in [1.29, 1.82) is 0 Å². The first-order valence-electron chi connectivity index (χ1n) is 11.8. The maximum absolute atomic E-state index is 13.1. The molecule has 2 heterocycles. The van der Waals surface area contributed by atoms with E-state index >= 15 is 0 Å². The molecule has 0 spiro atoms. The van der Waals surface area contributed by atoms with Crippen LogP contribution in [0.15, 0.2) is 30.5 Å². The largest absolute Gasteiger partial charge is 0.416 e. The molecule has 3 rings (SSSR count). The topological polar surface area (TPSA) is 83.7 Å². The second kappa shape index (κ2) is 12.0. The van der Waals surface area contributed by atoms with Crippen LogP contribution in [-0.4, -0.2) is 74.7 Å². The second-order valence-electron chi connectivity index (χ2n) is 9.38. The first kappa shape index (κ1) is 27.1. The van der Waals surface area contributed by atoms with Crippen molar-refractivity contribution in [3.8, 4) is 0 Å². The second-order valence-corrected chi connectivity index (χ2v) is 9.38. The van der Waals surface area contributed by atoms with Gasteiger partial charge in [-0.25, -0.2) is 0 Å². The number of aliphatic hydroxyl groups excluding tert-OH is 1. The van der Waals surface area contributed by atoms with Crippen molar-refractivity contribution in [3.63, 3.8) is 0 Å². The van der Waals surface area contributed by atoms with Gasteiger partial charge in [-0.1, -0.05) is 30.3 Å². The average molecular weight is 498 g/mol. The predicted octanol–water partition coefficient (Wildman–Crippen LogP) is 2.95. The lowest BCUT2D eigenvalue weighted by Gasteiger charge is -2.35. The Morgan fingerprint density at radius 3 is 2.83 bits per heavy atom. The summed E-state index contributed by atoms with van der Waals surface area (Å²) in [5, 5.41) is 17.9. The van der Waals surface area contributed by atoms with Crippen LogP contribution in [-0.2, 0) is 35.4 Å². The molecule has 2 bridgehead atoms. The summed E-state index contributed by atoms with van der Waals surface area (Å²) in [4.78, 5) is 16.5. The van der Waals surface area contributed by atoms with Gasteiger partial charge in [0.1, 0.15) is 5.69 Å². The number of benzene rings is 1. The summed E-state index contributed by atoms with van der Waals surface area (Å²) >= 11 is 0. The molecule has 0 saturated carbocycles. The molecule has 0 unspecified atom stereocenters. The number of rotatable bonds is 6. The van der Waals surface area contributed by atoms with Crippen molar-refractivity contribution in [1.82, 2.24) is 24.8 Å². The molecule has 0 radical (unpaired) electrons. The number of alkyl halides is 3. The number of nitrogens with zero attached hydrogens (tertiary/aromatic N) is 5. The van der Waals surface area contributed by atoms with Crippen molar-refractivity contribution < 1.29 is 27.8 Å². The van der Waals surface area contributed by atoms with Gasteiger partial charge in [-0.3, -0.25) is 14.4 Å². The van der Waals surface area contributed by atoms with Gasteiger partial charge in [-0.05, 0) is 32.0 Å². The predicted molar refractivity (Wildman–Crippen MR) is 123 cm³/mol. The fourth-order valence-electron chi connectivity index (χ4n) is 4.22. The molecule has 1 amide bonds. The Kier molecular flexibility index (Phi) is 9.26. The summed E-state index contributed by atoms with van der Waals surface area (Å²) < 4.78 is 47.2. The summed E-state index contributed by atoms with van der Waals surface area (Å²) in [5.41, 5.74) is 0.549. The van der Waals surface area contributed by atoms with E-state index in [2.05, 4.69) is 10.3 Å². The highest BCUT2D eigenvalue weighted by molar-refractivity contribution is 5.76. The standard InChI is InChI=1S/C24H34F3N5O3/c1-17-11-32(18(2)15-33)23(34)8-5-9-31-13-21(28-29-31)16-35-22(17)14-30(3)12-19-6-4-7-20(10-19)24(25,26)27/h4,6-7,10,13,17-18,22,33H,5,8-9,11-12,14-16H2,1-3H3/t17-,18+,22-/m1/s1. The van der Waals surface area contributed by atoms with Crippen LogP contribution in [0, 0.1) is 5.92 Å². The highest BCUT2D eigenvalue weighted by Crippen LogP contribution is 2.29. The van der Waals surface area contributed by atoms with Gasteiger partial charge in [-0.2, -0.15) is 13.2 Å². The number of ether oxygens (including phenoxy) is 1. The number of aliphatic hydroxyl groups is 1. The third-order valence-electron chi connectivity index (χ3n) is 6.24. The van der Waals surface area contributed by atoms with Crippen molar-refractivity contribution in [2.24, 2.45) is 5.92 Å². The zero-order valence-corrected chi connectivity index (χ0v) is 20.4. The molecule has 194 valence electrons. The molecule has 35 heavy (non-hydrogen) atoms. The number of amides is 1. The fraction of sp³-hybridized carbons (Fsp3) is 0.625. The van der Waals surface area contributed by atoms with E-state index < -0.39 is 11.7 Å². The van der Waals surface area contributed by atoms with E-state index in [4.69, 9.17) is 4.74 Å². The maximum Gasteiger partial charge on any atom is 0.416 e. The SMILES string of the molecule is C[C@@H]1CN([C@@H](C)CO)C(=O)CCCn2cc(nn2)CO[C@@H]1CN(C)Cc1cccc(C(F)(F)F)c1. The van der Waals surface area contributed by atoms with E-state index in [9.17, 15) is 23.1 Å². The van der Waals surface area contributed by atoms with Gasteiger partial charge >= 0.3 is 6.18 Å². The van der Waals surface area contributed by atoms with E-state index in [0.29, 0.717) is 50.3 Å². The molecule has 2 aromatic rings. The fourth-order valence-corrected chi connectivity index (χ4v) is 4.22. The van der Waals surface area contributed by atoms with Crippen molar-refractivity contribution in [2.45, 2.75) is 64.7 Å². The molecular formula is C24H34F3N5O3. The van der Waals surface area contributed by atoms with Crippen LogP contribution in [0.25, 0.3) is 0 Å². The summed E-state index contributed by atoms with van der Waals surface area (Å²) in [6.45, 7) is 5.56. The molecule has 0 aliphatic carbocycles. The van der Waals surface area contributed by atoms with Crippen LogP contribution in [0.1, 0.15) is 43.5 Å². The average Bonchev–Trinajstić information content (AvgIpc) is 3.26. The van der Waals surface area contributed by atoms with E-state index in [0.717, 1.165) is 12.1 Å². The lowest BCUT2D eigenvalue weighted by Crippen LogP contribution is -2.47. The van der Waals surface area contributed by atoms with Crippen LogP contribution in [0.2, 0.25) is 0 Å². The minimum absolute atomic E-state index is 0.0472. The molecule has 1 aliphatic rings. The summed E-state index contributed by atoms with van der Waals surface area (Å²) in [5.74, 6) is -0.151. The van der Waals surface area contributed by atoms with Crippen molar-refractivity contribution in [3.05, 3.63) is 47.3 Å². The molecule has 1 aromatic carbocycles. The lowest BCUT2D eigenvalue weighted by molar-refractivity contribution is -0.138. The first-order chi connectivity index (χ1) is 16.6. The summed E-state index contributed by atoms with van der Waals surface area (Å²) in [7, 11) is 1.83. The molecule has 1 N–H and O–H groups in total. The smallest absolute Gasteiger partial charge is 0.394 e. The molecule has 1 aromatic heterocycles. The molecule has 0 saturated heterocycles. The monoisotopic (exact) mass is 497 g/mol. The van der Waals surface area contributed by atoms with Gasteiger partial charge < -0.3 is 14.7 Å². The zero-order valence-electron chi connectivity index (χ0n) is 20.4. The van der Waals surface area contributed by atoms with Gasteiger partial charge in [0.25, 0.3) is 0 Å².